The number of fused-ring (bicyclic) bond motifs is 3. The molecule has 7 nitrogen and oxygen atoms in total. The van der Waals surface area contributed by atoms with Gasteiger partial charge in [-0.25, -0.2) is 4.79 Å². The van der Waals surface area contributed by atoms with Crippen LogP contribution in [0.4, 0.5) is 4.79 Å². The van der Waals surface area contributed by atoms with E-state index in [1.54, 1.807) is 6.08 Å². The van der Waals surface area contributed by atoms with Crippen LogP contribution in [-0.4, -0.2) is 47.9 Å². The van der Waals surface area contributed by atoms with Crippen LogP contribution in [0.1, 0.15) is 49.4 Å². The Morgan fingerprint density at radius 2 is 1.24 bits per heavy atom. The third-order valence-corrected chi connectivity index (χ3v) is 11.3. The molecule has 0 aliphatic heterocycles. The smallest absolute Gasteiger partial charge is 0.490 e. The van der Waals surface area contributed by atoms with Crippen LogP contribution in [0.3, 0.4) is 0 Å². The number of carbonyl (C=O) groups is 1. The maximum Gasteiger partial charge on any atom is 0.500 e. The van der Waals surface area contributed by atoms with Gasteiger partial charge in [0.25, 0.3) is 0 Å². The molecule has 0 spiro atoms. The highest BCUT2D eigenvalue weighted by Gasteiger charge is 2.46. The SMILES string of the molecule is C=CCOc1ccc(C2(c3ccc(OC(=O)NCCC[Si](OCC)(OCC)OCC)cc3)c3ccccc3-c3ccccc32)cc1. The van der Waals surface area contributed by atoms with Gasteiger partial charge in [-0.15, -0.1) is 0 Å². The summed E-state index contributed by atoms with van der Waals surface area (Å²) in [5.41, 5.74) is 6.43. The molecule has 1 aliphatic carbocycles. The van der Waals surface area contributed by atoms with Gasteiger partial charge in [-0.1, -0.05) is 85.5 Å². The van der Waals surface area contributed by atoms with Crippen LogP contribution < -0.4 is 14.8 Å². The molecular weight excluding hydrogens is 595 g/mol. The number of hydrogen-bond acceptors (Lipinski definition) is 6. The normalized spacial score (nSPS) is 13.0. The zero-order valence-electron chi connectivity index (χ0n) is 26.9. The molecule has 0 saturated carbocycles. The van der Waals surface area contributed by atoms with Crippen LogP contribution in [0.2, 0.25) is 6.04 Å². The second kappa shape index (κ2) is 15.4. The fourth-order valence-corrected chi connectivity index (χ4v) is 9.01. The molecule has 0 fully saturated rings. The summed E-state index contributed by atoms with van der Waals surface area (Å²) in [6.07, 6.45) is 1.88. The summed E-state index contributed by atoms with van der Waals surface area (Å²) in [6.45, 7) is 12.0. The minimum Gasteiger partial charge on any atom is -0.490 e. The van der Waals surface area contributed by atoms with Gasteiger partial charge in [0, 0.05) is 32.4 Å². The number of ether oxygens (including phenoxy) is 2. The van der Waals surface area contributed by atoms with E-state index in [9.17, 15) is 4.79 Å². The minimum atomic E-state index is -2.76. The van der Waals surface area contributed by atoms with E-state index < -0.39 is 20.3 Å². The average molecular weight is 638 g/mol. The number of rotatable bonds is 16. The quantitative estimate of drug-likeness (QED) is 0.0669. The summed E-state index contributed by atoms with van der Waals surface area (Å²) >= 11 is 0. The lowest BCUT2D eigenvalue weighted by Gasteiger charge is -2.34. The van der Waals surface area contributed by atoms with Gasteiger partial charge >= 0.3 is 14.9 Å². The number of carbonyl (C=O) groups excluding carboxylic acids is 1. The maximum atomic E-state index is 12.7. The molecule has 1 N–H and O–H groups in total. The Morgan fingerprint density at radius 1 is 0.739 bits per heavy atom. The first-order chi connectivity index (χ1) is 22.5. The van der Waals surface area contributed by atoms with Crippen LogP contribution >= 0.6 is 0 Å². The molecule has 4 aromatic carbocycles. The highest BCUT2D eigenvalue weighted by molar-refractivity contribution is 6.60. The predicted molar refractivity (Wildman–Crippen MR) is 184 cm³/mol. The summed E-state index contributed by atoms with van der Waals surface area (Å²) in [6, 6.07) is 33.8. The second-order valence-corrected chi connectivity index (χ2v) is 13.6. The summed E-state index contributed by atoms with van der Waals surface area (Å²) in [7, 11) is -2.76. The molecule has 5 rings (SSSR count). The summed E-state index contributed by atoms with van der Waals surface area (Å²) < 4.78 is 29.2. The summed E-state index contributed by atoms with van der Waals surface area (Å²) in [4.78, 5) is 12.7. The van der Waals surface area contributed by atoms with Gasteiger partial charge in [-0.3, -0.25) is 0 Å². The molecule has 0 aromatic heterocycles. The van der Waals surface area contributed by atoms with E-state index in [1.165, 1.54) is 22.3 Å². The van der Waals surface area contributed by atoms with Crippen molar-refractivity contribution in [2.45, 2.75) is 38.7 Å². The Balaban J connectivity index is 1.37. The van der Waals surface area contributed by atoms with E-state index in [0.717, 1.165) is 16.9 Å². The standard InChI is InChI=1S/C38H43NO6Si/c1-5-27-41-31-22-18-29(19-23-31)38(35-16-11-9-14-33(35)34-15-10-12-17-36(34)38)30-20-24-32(25-21-30)45-37(40)39-26-13-28-46(42-6-2,43-7-3)44-8-4/h5,9-12,14-25H,1,6-8,13,26-28H2,2-4H3,(H,39,40). The average Bonchev–Trinajstić information content (AvgIpc) is 3.38. The molecule has 8 heteroatoms. The van der Waals surface area contributed by atoms with Gasteiger partial charge in [-0.05, 0) is 84.8 Å². The van der Waals surface area contributed by atoms with Gasteiger partial charge in [0.15, 0.2) is 0 Å². The molecule has 0 radical (unpaired) electrons. The molecule has 1 aliphatic rings. The van der Waals surface area contributed by atoms with Crippen molar-refractivity contribution in [2.75, 3.05) is 33.0 Å². The second-order valence-electron chi connectivity index (χ2n) is 10.9. The van der Waals surface area contributed by atoms with Crippen LogP contribution in [0.25, 0.3) is 11.1 Å². The molecule has 0 atom stereocenters. The van der Waals surface area contributed by atoms with Crippen molar-refractivity contribution in [3.8, 4) is 22.6 Å². The number of amides is 1. The molecule has 0 bridgehead atoms. The zero-order valence-corrected chi connectivity index (χ0v) is 27.9. The van der Waals surface area contributed by atoms with Crippen molar-refractivity contribution in [1.29, 1.82) is 0 Å². The van der Waals surface area contributed by atoms with Crippen LogP contribution in [0.5, 0.6) is 11.5 Å². The van der Waals surface area contributed by atoms with Crippen LogP contribution in [0, 0.1) is 0 Å². The van der Waals surface area contributed by atoms with Gasteiger partial charge in [-0.2, -0.15) is 0 Å². The van der Waals surface area contributed by atoms with Gasteiger partial charge < -0.3 is 28.1 Å². The minimum absolute atomic E-state index is 0.419. The Hall–Kier alpha value is -4.21. The van der Waals surface area contributed by atoms with Crippen LogP contribution in [0.15, 0.2) is 110 Å². The molecule has 240 valence electrons. The molecule has 0 heterocycles. The lowest BCUT2D eigenvalue weighted by atomic mass is 9.68. The molecule has 1 amide bonds. The Morgan fingerprint density at radius 3 is 1.74 bits per heavy atom. The first-order valence-corrected chi connectivity index (χ1v) is 18.0. The van der Waals surface area contributed by atoms with Gasteiger partial charge in [0.1, 0.15) is 18.1 Å². The zero-order chi connectivity index (χ0) is 32.4. The number of benzene rings is 4. The van der Waals surface area contributed by atoms with E-state index in [-0.39, 0.29) is 0 Å². The Bertz CT molecular complexity index is 1540. The Labute approximate surface area is 273 Å². The molecule has 0 saturated heterocycles. The largest absolute Gasteiger partial charge is 0.500 e. The van der Waals surface area contributed by atoms with Gasteiger partial charge in [0.05, 0.1) is 5.41 Å². The van der Waals surface area contributed by atoms with Crippen molar-refractivity contribution >= 4 is 14.9 Å². The number of hydrogen-bond donors (Lipinski definition) is 1. The topological polar surface area (TPSA) is 75.3 Å². The summed E-state index contributed by atoms with van der Waals surface area (Å²) in [5, 5.41) is 2.86. The molecule has 46 heavy (non-hydrogen) atoms. The maximum absolute atomic E-state index is 12.7. The van der Waals surface area contributed by atoms with Crippen molar-refractivity contribution in [1.82, 2.24) is 5.32 Å². The van der Waals surface area contributed by atoms with Crippen molar-refractivity contribution in [3.05, 3.63) is 132 Å². The highest BCUT2D eigenvalue weighted by Crippen LogP contribution is 2.56. The van der Waals surface area contributed by atoms with Crippen LogP contribution in [-0.2, 0) is 18.7 Å². The first-order valence-electron chi connectivity index (χ1n) is 16.0. The summed E-state index contributed by atoms with van der Waals surface area (Å²) in [5.74, 6) is 1.25. The fraction of sp³-hybridized carbons (Fsp3) is 0.289. The predicted octanol–water partition coefficient (Wildman–Crippen LogP) is 8.14. The van der Waals surface area contributed by atoms with Crippen molar-refractivity contribution < 1.29 is 27.5 Å². The van der Waals surface area contributed by atoms with E-state index in [0.29, 0.717) is 51.2 Å². The lowest BCUT2D eigenvalue weighted by Crippen LogP contribution is -2.46. The number of nitrogens with one attached hydrogen (secondary N) is 1. The van der Waals surface area contributed by atoms with E-state index >= 15 is 0 Å². The monoisotopic (exact) mass is 637 g/mol. The van der Waals surface area contributed by atoms with E-state index in [1.807, 2.05) is 45.0 Å². The third-order valence-electron chi connectivity index (χ3n) is 8.13. The van der Waals surface area contributed by atoms with Crippen molar-refractivity contribution in [3.63, 3.8) is 0 Å². The van der Waals surface area contributed by atoms with Crippen molar-refractivity contribution in [2.24, 2.45) is 0 Å². The van der Waals surface area contributed by atoms with Gasteiger partial charge in [0.2, 0.25) is 0 Å². The van der Waals surface area contributed by atoms with E-state index in [4.69, 9.17) is 22.8 Å². The van der Waals surface area contributed by atoms with E-state index in [2.05, 4.69) is 84.7 Å². The molecule has 0 unspecified atom stereocenters. The Kier molecular flexibility index (Phi) is 11.1. The highest BCUT2D eigenvalue weighted by atomic mass is 28.4. The molecular formula is C38H43NO6Si. The lowest BCUT2D eigenvalue weighted by molar-refractivity contribution is 0.0708. The fourth-order valence-electron chi connectivity index (χ4n) is 6.39. The first kappa shape index (κ1) is 33.2. The molecule has 4 aromatic rings. The third kappa shape index (κ3) is 6.80.